The molecule has 1 aromatic rings. The molecule has 0 bridgehead atoms. The zero-order valence-corrected chi connectivity index (χ0v) is 11.8. The quantitative estimate of drug-likeness (QED) is 0.829. The second-order valence-corrected chi connectivity index (χ2v) is 5.66. The van der Waals surface area contributed by atoms with Crippen molar-refractivity contribution in [2.45, 2.75) is 26.3 Å². The molecule has 0 saturated heterocycles. The van der Waals surface area contributed by atoms with Crippen LogP contribution in [0.25, 0.3) is 0 Å². The highest BCUT2D eigenvalue weighted by atomic mass is 16.7. The van der Waals surface area contributed by atoms with Crippen molar-refractivity contribution < 1.29 is 14.2 Å². The first kappa shape index (κ1) is 13.7. The van der Waals surface area contributed by atoms with Gasteiger partial charge in [0.25, 0.3) is 0 Å². The highest BCUT2D eigenvalue weighted by molar-refractivity contribution is 5.46. The second kappa shape index (κ2) is 5.53. The number of nitrogens with one attached hydrogen (secondary N) is 1. The van der Waals surface area contributed by atoms with E-state index in [4.69, 9.17) is 14.2 Å². The van der Waals surface area contributed by atoms with Crippen molar-refractivity contribution in [3.8, 4) is 17.2 Å². The van der Waals surface area contributed by atoms with Crippen LogP contribution in [0, 0.1) is 0 Å². The van der Waals surface area contributed by atoms with Gasteiger partial charge in [-0.25, -0.2) is 0 Å². The van der Waals surface area contributed by atoms with Gasteiger partial charge in [-0.3, -0.25) is 0 Å². The van der Waals surface area contributed by atoms with E-state index in [2.05, 4.69) is 32.7 Å². The van der Waals surface area contributed by atoms with Gasteiger partial charge in [0.1, 0.15) is 12.4 Å². The molecule has 4 nitrogen and oxygen atoms in total. The van der Waals surface area contributed by atoms with Crippen LogP contribution in [-0.2, 0) is 0 Å². The van der Waals surface area contributed by atoms with Crippen LogP contribution in [0.5, 0.6) is 17.2 Å². The van der Waals surface area contributed by atoms with E-state index in [1.165, 1.54) is 0 Å². The summed E-state index contributed by atoms with van der Waals surface area (Å²) in [6.07, 6.45) is 0. The molecule has 0 saturated carbocycles. The second-order valence-electron chi connectivity index (χ2n) is 5.66. The fourth-order valence-corrected chi connectivity index (χ4v) is 1.59. The zero-order valence-electron chi connectivity index (χ0n) is 11.8. The lowest BCUT2D eigenvalue weighted by Crippen LogP contribution is -2.37. The van der Waals surface area contributed by atoms with E-state index >= 15 is 0 Å². The van der Waals surface area contributed by atoms with Crippen molar-refractivity contribution in [3.63, 3.8) is 0 Å². The van der Waals surface area contributed by atoms with Gasteiger partial charge in [-0.05, 0) is 38.5 Å². The summed E-state index contributed by atoms with van der Waals surface area (Å²) < 4.78 is 16.2. The first-order valence-electron chi connectivity index (χ1n) is 6.38. The molecule has 0 unspecified atom stereocenters. The summed E-state index contributed by atoms with van der Waals surface area (Å²) in [4.78, 5) is 0. The molecule has 0 spiro atoms. The highest BCUT2D eigenvalue weighted by Crippen LogP contribution is 2.35. The van der Waals surface area contributed by atoms with E-state index in [0.717, 1.165) is 29.4 Å². The minimum atomic E-state index is 0.0850. The summed E-state index contributed by atoms with van der Waals surface area (Å²) in [5, 5.41) is 3.38. The van der Waals surface area contributed by atoms with E-state index in [0.29, 0.717) is 6.61 Å². The molecule has 104 valence electrons. The molecule has 1 aliphatic heterocycles. The third-order valence-corrected chi connectivity index (χ3v) is 2.66. The normalized spacial score (nSPS) is 13.4. The Morgan fingerprint density at radius 2 is 2.05 bits per heavy atom. The van der Waals surface area contributed by atoms with E-state index in [-0.39, 0.29) is 12.3 Å². The Balaban J connectivity index is 1.81. The molecule has 0 aromatic heterocycles. The van der Waals surface area contributed by atoms with Crippen molar-refractivity contribution in [2.75, 3.05) is 19.9 Å². The molecule has 0 aliphatic carbocycles. The summed E-state index contributed by atoms with van der Waals surface area (Å²) in [5.74, 6) is 2.26. The maximum absolute atomic E-state index is 5.68. The lowest BCUT2D eigenvalue weighted by atomic mass is 10.1. The number of benzene rings is 1. The van der Waals surface area contributed by atoms with Crippen LogP contribution in [0.3, 0.4) is 0 Å². The van der Waals surface area contributed by atoms with Gasteiger partial charge in [0.15, 0.2) is 11.5 Å². The van der Waals surface area contributed by atoms with E-state index in [9.17, 15) is 0 Å². The van der Waals surface area contributed by atoms with Crippen molar-refractivity contribution in [1.82, 2.24) is 5.32 Å². The smallest absolute Gasteiger partial charge is 0.231 e. The molecule has 1 aliphatic rings. The van der Waals surface area contributed by atoms with Gasteiger partial charge in [-0.1, -0.05) is 6.58 Å². The van der Waals surface area contributed by atoms with Crippen molar-refractivity contribution in [2.24, 2.45) is 0 Å². The molecule has 0 fully saturated rings. The Morgan fingerprint density at radius 3 is 2.79 bits per heavy atom. The maximum Gasteiger partial charge on any atom is 0.231 e. The lowest BCUT2D eigenvalue weighted by molar-refractivity contribution is 0.174. The minimum Gasteiger partial charge on any atom is -0.489 e. The van der Waals surface area contributed by atoms with E-state index in [1.807, 2.05) is 18.2 Å². The van der Waals surface area contributed by atoms with Crippen LogP contribution >= 0.6 is 0 Å². The SMILES string of the molecule is C=C(CNC(C)(C)C)COc1ccc2c(c1)OCO2. The summed E-state index contributed by atoms with van der Waals surface area (Å²) in [6.45, 7) is 11.9. The third-order valence-electron chi connectivity index (χ3n) is 2.66. The van der Waals surface area contributed by atoms with Gasteiger partial charge in [-0.15, -0.1) is 0 Å². The first-order valence-corrected chi connectivity index (χ1v) is 6.38. The van der Waals surface area contributed by atoms with Gasteiger partial charge < -0.3 is 19.5 Å². The predicted molar refractivity (Wildman–Crippen MR) is 75.0 cm³/mol. The molecular formula is C15H21NO3. The Labute approximate surface area is 114 Å². The topological polar surface area (TPSA) is 39.7 Å². The molecule has 1 N–H and O–H groups in total. The monoisotopic (exact) mass is 263 g/mol. The summed E-state index contributed by atoms with van der Waals surface area (Å²) in [7, 11) is 0. The average molecular weight is 263 g/mol. The van der Waals surface area contributed by atoms with Gasteiger partial charge in [0, 0.05) is 18.2 Å². The summed E-state index contributed by atoms with van der Waals surface area (Å²) >= 11 is 0. The van der Waals surface area contributed by atoms with Gasteiger partial charge >= 0.3 is 0 Å². The Hall–Kier alpha value is -1.68. The Morgan fingerprint density at radius 1 is 1.32 bits per heavy atom. The molecule has 1 aromatic carbocycles. The molecule has 19 heavy (non-hydrogen) atoms. The van der Waals surface area contributed by atoms with E-state index in [1.54, 1.807) is 0 Å². The van der Waals surface area contributed by atoms with Crippen LogP contribution in [0.2, 0.25) is 0 Å². The van der Waals surface area contributed by atoms with Crippen LogP contribution in [0.1, 0.15) is 20.8 Å². The van der Waals surface area contributed by atoms with Gasteiger partial charge in [0.05, 0.1) is 0 Å². The molecule has 4 heteroatoms. The van der Waals surface area contributed by atoms with Gasteiger partial charge in [0.2, 0.25) is 6.79 Å². The summed E-state index contributed by atoms with van der Waals surface area (Å²) in [6, 6.07) is 5.57. The first-order chi connectivity index (χ1) is 8.94. The van der Waals surface area contributed by atoms with Crippen LogP contribution in [0.15, 0.2) is 30.4 Å². The standard InChI is InChI=1S/C15H21NO3/c1-11(8-16-15(2,3)4)9-17-12-5-6-13-14(7-12)19-10-18-13/h5-7,16H,1,8-10H2,2-4H3. The number of hydrogen-bond acceptors (Lipinski definition) is 4. The largest absolute Gasteiger partial charge is 0.489 e. The fraction of sp³-hybridized carbons (Fsp3) is 0.467. The van der Waals surface area contributed by atoms with Crippen molar-refractivity contribution in [1.29, 1.82) is 0 Å². The number of hydrogen-bond donors (Lipinski definition) is 1. The summed E-state index contributed by atoms with van der Waals surface area (Å²) in [5.41, 5.74) is 1.09. The zero-order chi connectivity index (χ0) is 13.9. The van der Waals surface area contributed by atoms with Crippen LogP contribution in [0.4, 0.5) is 0 Å². The van der Waals surface area contributed by atoms with Crippen LogP contribution in [-0.4, -0.2) is 25.5 Å². The Kier molecular flexibility index (Phi) is 4.00. The van der Waals surface area contributed by atoms with Crippen molar-refractivity contribution in [3.05, 3.63) is 30.4 Å². The van der Waals surface area contributed by atoms with Gasteiger partial charge in [-0.2, -0.15) is 0 Å². The predicted octanol–water partition coefficient (Wildman–Crippen LogP) is 2.74. The molecule has 2 rings (SSSR count). The molecule has 0 amide bonds. The Bertz CT molecular complexity index is 463. The average Bonchev–Trinajstić information content (AvgIpc) is 2.80. The minimum absolute atomic E-state index is 0.0850. The lowest BCUT2D eigenvalue weighted by Gasteiger charge is -2.21. The molecule has 0 radical (unpaired) electrons. The van der Waals surface area contributed by atoms with Crippen molar-refractivity contribution >= 4 is 0 Å². The third kappa shape index (κ3) is 4.17. The molecule has 0 atom stereocenters. The number of rotatable bonds is 5. The maximum atomic E-state index is 5.68. The van der Waals surface area contributed by atoms with E-state index < -0.39 is 0 Å². The molecular weight excluding hydrogens is 242 g/mol. The number of fused-ring (bicyclic) bond motifs is 1. The fourth-order valence-electron chi connectivity index (χ4n) is 1.59. The molecule has 1 heterocycles. The van der Waals surface area contributed by atoms with Crippen LogP contribution < -0.4 is 19.5 Å². The number of ether oxygens (including phenoxy) is 3. The highest BCUT2D eigenvalue weighted by Gasteiger charge is 2.14.